The fourth-order valence-corrected chi connectivity index (χ4v) is 4.97. The van der Waals surface area contributed by atoms with Crippen molar-refractivity contribution in [3.63, 3.8) is 0 Å². The van der Waals surface area contributed by atoms with Crippen LogP contribution in [0.3, 0.4) is 0 Å². The van der Waals surface area contributed by atoms with E-state index in [0.29, 0.717) is 0 Å². The minimum Gasteiger partial charge on any atom is -0.480 e. The largest absolute Gasteiger partial charge is 0.480 e. The minimum atomic E-state index is -0.986. The number of ether oxygens (including phenoxy) is 1. The van der Waals surface area contributed by atoms with Crippen LogP contribution in [0.4, 0.5) is 4.79 Å². The molecule has 1 unspecified atom stereocenters. The Bertz CT molecular complexity index is 814. The maximum atomic E-state index is 12.1. The van der Waals surface area contributed by atoms with Crippen LogP contribution in [0, 0.1) is 10.8 Å². The lowest BCUT2D eigenvalue weighted by Gasteiger charge is -2.72. The average Bonchev–Trinajstić information content (AvgIpc) is 2.62. The van der Waals surface area contributed by atoms with Gasteiger partial charge in [-0.25, -0.2) is 9.59 Å². The molecule has 0 radical (unpaired) electrons. The molecule has 2 N–H and O–H groups in total. The van der Waals surface area contributed by atoms with E-state index in [1.807, 2.05) is 48.5 Å². The minimum absolute atomic E-state index is 0.129. The maximum absolute atomic E-state index is 12.1. The molecule has 3 aliphatic rings. The fourth-order valence-electron chi connectivity index (χ4n) is 4.97. The van der Waals surface area contributed by atoms with Crippen LogP contribution in [0.2, 0.25) is 0 Å². The second-order valence-electron chi connectivity index (χ2n) is 8.03. The van der Waals surface area contributed by atoms with Gasteiger partial charge in [0, 0.05) is 5.41 Å². The van der Waals surface area contributed by atoms with Gasteiger partial charge in [0.25, 0.3) is 0 Å². The molecule has 0 aliphatic heterocycles. The van der Waals surface area contributed by atoms with Gasteiger partial charge in [-0.2, -0.15) is 0 Å². The first-order valence-corrected chi connectivity index (χ1v) is 9.24. The predicted octanol–water partition coefficient (Wildman–Crippen LogP) is 3.78. The van der Waals surface area contributed by atoms with Gasteiger partial charge in [0.2, 0.25) is 0 Å². The Hall–Kier alpha value is -2.82. The van der Waals surface area contributed by atoms with E-state index in [2.05, 4.69) is 17.4 Å². The van der Waals surface area contributed by atoms with E-state index in [4.69, 9.17) is 4.74 Å². The summed E-state index contributed by atoms with van der Waals surface area (Å²) in [5.74, 6) is -0.986. The molecule has 3 saturated carbocycles. The maximum Gasteiger partial charge on any atom is 0.408 e. The van der Waals surface area contributed by atoms with Gasteiger partial charge in [-0.05, 0) is 42.2 Å². The number of carboxylic acids is 1. The van der Waals surface area contributed by atoms with Crippen LogP contribution in [0.1, 0.15) is 30.4 Å². The summed E-state index contributed by atoms with van der Waals surface area (Å²) >= 11 is 0. The number of aliphatic carboxylic acids is 1. The lowest BCUT2D eigenvalue weighted by molar-refractivity contribution is -0.223. The third kappa shape index (κ3) is 3.42. The predicted molar refractivity (Wildman–Crippen MR) is 100 cm³/mol. The second kappa shape index (κ2) is 6.72. The van der Waals surface area contributed by atoms with Crippen LogP contribution in [0.25, 0.3) is 0 Å². The van der Waals surface area contributed by atoms with Crippen molar-refractivity contribution in [3.05, 3.63) is 71.8 Å². The summed E-state index contributed by atoms with van der Waals surface area (Å²) in [6.45, 7) is 0.129. The summed E-state index contributed by atoms with van der Waals surface area (Å²) in [7, 11) is 0. The van der Waals surface area contributed by atoms with Crippen molar-refractivity contribution in [3.8, 4) is 0 Å². The average molecular weight is 365 g/mol. The van der Waals surface area contributed by atoms with E-state index in [1.54, 1.807) is 0 Å². The molecule has 5 heteroatoms. The number of nitrogens with one attached hydrogen (secondary N) is 1. The molecule has 0 aromatic heterocycles. The van der Waals surface area contributed by atoms with Crippen molar-refractivity contribution >= 4 is 12.1 Å². The lowest BCUT2D eigenvalue weighted by atomic mass is 9.32. The van der Waals surface area contributed by atoms with Crippen LogP contribution in [0.5, 0.6) is 0 Å². The third-order valence-electron chi connectivity index (χ3n) is 5.94. The molecule has 0 spiro atoms. The molecular formula is C22H23NO4. The number of rotatable bonds is 7. The van der Waals surface area contributed by atoms with E-state index < -0.39 is 18.1 Å². The first kappa shape index (κ1) is 17.6. The van der Waals surface area contributed by atoms with Gasteiger partial charge in [-0.1, -0.05) is 60.7 Å². The summed E-state index contributed by atoms with van der Waals surface area (Å²) in [4.78, 5) is 23.9. The summed E-state index contributed by atoms with van der Waals surface area (Å²) in [5.41, 5.74) is 2.02. The highest BCUT2D eigenvalue weighted by atomic mass is 16.5. The number of hydrogen-bond donors (Lipinski definition) is 2. The molecule has 3 aliphatic carbocycles. The molecule has 2 bridgehead atoms. The zero-order chi connectivity index (χ0) is 18.9. The van der Waals surface area contributed by atoms with Crippen LogP contribution >= 0.6 is 0 Å². The number of carbonyl (C=O) groups is 2. The van der Waals surface area contributed by atoms with Crippen molar-refractivity contribution < 1.29 is 19.4 Å². The standard InChI is InChI=1S/C22H23NO4/c24-19(25)18(23-20(26)27-12-17-9-5-2-6-10-17)22-13-21(14-22,15-22)11-16-7-3-1-4-8-16/h1-10,18H,11-15H2,(H,23,26)(H,24,25). The Kier molecular flexibility index (Phi) is 4.38. The molecule has 2 aromatic rings. The summed E-state index contributed by atoms with van der Waals surface area (Å²) < 4.78 is 5.20. The molecule has 0 saturated heterocycles. The quantitative estimate of drug-likeness (QED) is 0.783. The van der Waals surface area contributed by atoms with E-state index in [-0.39, 0.29) is 17.4 Å². The van der Waals surface area contributed by atoms with Gasteiger partial charge >= 0.3 is 12.1 Å². The third-order valence-corrected chi connectivity index (χ3v) is 5.94. The van der Waals surface area contributed by atoms with Crippen LogP contribution < -0.4 is 5.32 Å². The number of alkyl carbamates (subject to hydrolysis) is 1. The van der Waals surface area contributed by atoms with Crippen molar-refractivity contribution in [2.45, 2.75) is 38.3 Å². The molecule has 1 amide bonds. The number of carbonyl (C=O) groups excluding carboxylic acids is 1. The summed E-state index contributed by atoms with van der Waals surface area (Å²) in [6, 6.07) is 18.7. The second-order valence-corrected chi connectivity index (χ2v) is 8.03. The van der Waals surface area contributed by atoms with Crippen molar-refractivity contribution in [1.29, 1.82) is 0 Å². The summed E-state index contributed by atoms with van der Waals surface area (Å²) in [6.07, 6.45) is 2.81. The van der Waals surface area contributed by atoms with Gasteiger partial charge < -0.3 is 15.2 Å². The monoisotopic (exact) mass is 365 g/mol. The number of hydrogen-bond acceptors (Lipinski definition) is 3. The zero-order valence-electron chi connectivity index (χ0n) is 15.1. The first-order valence-electron chi connectivity index (χ1n) is 9.24. The SMILES string of the molecule is O=C(NC(C(=O)O)C12CC(Cc3ccccc3)(C1)C2)OCc1ccccc1. The van der Waals surface area contributed by atoms with E-state index in [0.717, 1.165) is 31.2 Å². The molecular weight excluding hydrogens is 342 g/mol. The number of amides is 1. The highest BCUT2D eigenvalue weighted by Gasteiger charge is 2.71. The number of carboxylic acid groups (broad SMARTS) is 1. The molecule has 2 aromatic carbocycles. The van der Waals surface area contributed by atoms with E-state index in [9.17, 15) is 14.7 Å². The van der Waals surface area contributed by atoms with Gasteiger partial charge in [0.1, 0.15) is 12.6 Å². The van der Waals surface area contributed by atoms with Gasteiger partial charge in [-0.15, -0.1) is 0 Å². The Labute approximate surface area is 158 Å². The Morgan fingerprint density at radius 3 is 2.07 bits per heavy atom. The molecule has 1 atom stereocenters. The van der Waals surface area contributed by atoms with Crippen LogP contribution in [-0.4, -0.2) is 23.2 Å². The Balaban J connectivity index is 1.32. The molecule has 5 rings (SSSR count). The zero-order valence-corrected chi connectivity index (χ0v) is 15.1. The molecule has 3 fully saturated rings. The molecule has 140 valence electrons. The molecule has 0 heterocycles. The lowest BCUT2D eigenvalue weighted by Crippen LogP contribution is -2.72. The van der Waals surface area contributed by atoms with Gasteiger partial charge in [0.05, 0.1) is 0 Å². The van der Waals surface area contributed by atoms with E-state index in [1.165, 1.54) is 5.56 Å². The van der Waals surface area contributed by atoms with E-state index >= 15 is 0 Å². The highest BCUT2D eigenvalue weighted by molar-refractivity contribution is 5.81. The molecule has 5 nitrogen and oxygen atoms in total. The topological polar surface area (TPSA) is 75.6 Å². The smallest absolute Gasteiger partial charge is 0.408 e. The van der Waals surface area contributed by atoms with Crippen LogP contribution in [-0.2, 0) is 22.6 Å². The normalized spacial score (nSPS) is 26.2. The fraction of sp³-hybridized carbons (Fsp3) is 0.364. The van der Waals surface area contributed by atoms with Gasteiger partial charge in [0.15, 0.2) is 0 Å². The van der Waals surface area contributed by atoms with Crippen molar-refractivity contribution in [1.82, 2.24) is 5.32 Å². The van der Waals surface area contributed by atoms with Crippen molar-refractivity contribution in [2.75, 3.05) is 0 Å². The van der Waals surface area contributed by atoms with Crippen molar-refractivity contribution in [2.24, 2.45) is 10.8 Å². The van der Waals surface area contributed by atoms with Crippen LogP contribution in [0.15, 0.2) is 60.7 Å². The molecule has 27 heavy (non-hydrogen) atoms. The highest BCUT2D eigenvalue weighted by Crippen LogP contribution is 2.75. The Morgan fingerprint density at radius 2 is 1.52 bits per heavy atom. The summed E-state index contributed by atoms with van der Waals surface area (Å²) in [5, 5.41) is 12.2. The Morgan fingerprint density at radius 1 is 0.963 bits per heavy atom. The first-order chi connectivity index (χ1) is 13.0. The van der Waals surface area contributed by atoms with Gasteiger partial charge in [-0.3, -0.25) is 0 Å². The number of benzene rings is 2.